The number of hydrogen-bond acceptors (Lipinski definition) is 1. The fourth-order valence-corrected chi connectivity index (χ4v) is 5.13. The van der Waals surface area contributed by atoms with Crippen LogP contribution in [-0.4, -0.2) is 22.2 Å². The van der Waals surface area contributed by atoms with Crippen LogP contribution < -0.4 is 12.4 Å². The second kappa shape index (κ2) is 6.08. The fourth-order valence-electron chi connectivity index (χ4n) is 5.13. The summed E-state index contributed by atoms with van der Waals surface area (Å²) in [7, 11) is 0. The third kappa shape index (κ3) is 2.69. The molecular weight excluding hydrogens is 294 g/mol. The van der Waals surface area contributed by atoms with Gasteiger partial charge in [0.1, 0.15) is 0 Å². The van der Waals surface area contributed by atoms with Crippen molar-refractivity contribution in [2.45, 2.75) is 32.1 Å². The molecule has 0 heterocycles. The Kier molecular flexibility index (Phi) is 4.31. The van der Waals surface area contributed by atoms with Crippen molar-refractivity contribution in [3.05, 3.63) is 42.5 Å². The minimum Gasteiger partial charge on any atom is -1.00 e. The van der Waals surface area contributed by atoms with E-state index in [2.05, 4.69) is 18.7 Å². The maximum absolute atomic E-state index is 10.6. The first-order valence-corrected chi connectivity index (χ1v) is 8.27. The van der Waals surface area contributed by atoms with Crippen LogP contribution in [0, 0.1) is 23.7 Å². The van der Waals surface area contributed by atoms with E-state index in [0.29, 0.717) is 18.4 Å². The van der Waals surface area contributed by atoms with Gasteiger partial charge in [0.2, 0.25) is 12.3 Å². The van der Waals surface area contributed by atoms with Crippen LogP contribution in [0.4, 0.5) is 0 Å². The van der Waals surface area contributed by atoms with Gasteiger partial charge in [0.15, 0.2) is 0 Å². The van der Waals surface area contributed by atoms with E-state index in [1.165, 1.54) is 37.8 Å². The molecule has 5 rings (SSSR count). The van der Waals surface area contributed by atoms with Crippen LogP contribution in [0.5, 0.6) is 0 Å². The van der Waals surface area contributed by atoms with Crippen molar-refractivity contribution < 1.29 is 22.4 Å². The molecule has 0 spiro atoms. The predicted molar refractivity (Wildman–Crippen MR) is 84.4 cm³/mol. The summed E-state index contributed by atoms with van der Waals surface area (Å²) in [6, 6.07) is 10.2. The molecule has 1 aromatic carbocycles. The van der Waals surface area contributed by atoms with Crippen molar-refractivity contribution in [1.29, 1.82) is 0 Å². The third-order valence-electron chi connectivity index (χ3n) is 5.80. The second-order valence-corrected chi connectivity index (χ2v) is 7.26. The summed E-state index contributed by atoms with van der Waals surface area (Å²) >= 11 is 0. The van der Waals surface area contributed by atoms with E-state index in [0.717, 1.165) is 23.0 Å². The molecule has 0 saturated heterocycles. The average molecular weight is 318 g/mol. The zero-order valence-corrected chi connectivity index (χ0v) is 13.7. The minimum absolute atomic E-state index is 0. The lowest BCUT2D eigenvalue weighted by molar-refractivity contribution is -0.770. The number of benzene rings is 1. The second-order valence-electron chi connectivity index (χ2n) is 7.26. The zero-order valence-electron chi connectivity index (χ0n) is 12.9. The molecule has 0 aromatic heterocycles. The van der Waals surface area contributed by atoms with Gasteiger partial charge in [-0.1, -0.05) is 36.9 Å². The maximum Gasteiger partial charge on any atom is 0.217 e. The molecule has 4 bridgehead atoms. The summed E-state index contributed by atoms with van der Waals surface area (Å²) in [6.07, 6.45) is 6.66. The van der Waals surface area contributed by atoms with Gasteiger partial charge in [-0.05, 0) is 54.2 Å². The van der Waals surface area contributed by atoms with E-state index in [1.807, 2.05) is 18.2 Å². The highest BCUT2D eigenvalue weighted by atomic mass is 35.5. The van der Waals surface area contributed by atoms with Gasteiger partial charge in [0.05, 0.1) is 0 Å². The average Bonchev–Trinajstić information content (AvgIpc) is 2.47. The van der Waals surface area contributed by atoms with E-state index in [1.54, 1.807) is 4.74 Å². The Bertz CT molecular complexity index is 563. The molecule has 0 amide bonds. The molecule has 3 heteroatoms. The van der Waals surface area contributed by atoms with Crippen LogP contribution in [0.25, 0.3) is 5.57 Å². The fraction of sp³-hybridized carbons (Fsp3) is 0.526. The van der Waals surface area contributed by atoms with Crippen molar-refractivity contribution in [3.63, 3.8) is 0 Å². The van der Waals surface area contributed by atoms with E-state index in [4.69, 9.17) is 0 Å². The third-order valence-corrected chi connectivity index (χ3v) is 5.80. The Morgan fingerprint density at radius 1 is 1.00 bits per heavy atom. The molecule has 4 fully saturated rings. The molecule has 0 unspecified atom stereocenters. The van der Waals surface area contributed by atoms with Gasteiger partial charge in [-0.15, -0.1) is 0 Å². The Hall–Kier alpha value is -1.28. The highest BCUT2D eigenvalue weighted by Crippen LogP contribution is 2.52. The smallest absolute Gasteiger partial charge is 0.217 e. The van der Waals surface area contributed by atoms with Gasteiger partial charge in [-0.25, -0.2) is 0 Å². The summed E-state index contributed by atoms with van der Waals surface area (Å²) < 4.78 is 1.54. The van der Waals surface area contributed by atoms with Gasteiger partial charge >= 0.3 is 0 Å². The van der Waals surface area contributed by atoms with Crippen molar-refractivity contribution in [3.8, 4) is 0 Å². The van der Waals surface area contributed by atoms with Gasteiger partial charge < -0.3 is 12.4 Å². The highest BCUT2D eigenvalue weighted by molar-refractivity contribution is 5.86. The van der Waals surface area contributed by atoms with Crippen LogP contribution >= 0.6 is 0 Å². The van der Waals surface area contributed by atoms with Crippen LogP contribution in [0.3, 0.4) is 0 Å². The number of halogens is 1. The monoisotopic (exact) mass is 317 g/mol. The Labute approximate surface area is 138 Å². The van der Waals surface area contributed by atoms with Gasteiger partial charge in [0, 0.05) is 17.4 Å². The first-order chi connectivity index (χ1) is 10.2. The summed E-state index contributed by atoms with van der Waals surface area (Å²) in [5.41, 5.74) is 3.44. The molecule has 4 saturated carbocycles. The summed E-state index contributed by atoms with van der Waals surface area (Å²) in [4.78, 5) is 0. The lowest BCUT2D eigenvalue weighted by Crippen LogP contribution is -3.00. The SMILES string of the molecule is C=C(C[N+](O)=C1C2CC3CC(C2)CC1C3)c1ccccc1.[Cl-]. The lowest BCUT2D eigenvalue weighted by Gasteiger charge is -2.47. The largest absolute Gasteiger partial charge is 1.00 e. The summed E-state index contributed by atoms with van der Waals surface area (Å²) in [5.74, 6) is 3.13. The first-order valence-electron chi connectivity index (χ1n) is 8.27. The molecule has 2 nitrogen and oxygen atoms in total. The minimum atomic E-state index is 0. The molecule has 1 aromatic rings. The van der Waals surface area contributed by atoms with Crippen molar-refractivity contribution in [1.82, 2.24) is 0 Å². The van der Waals surface area contributed by atoms with E-state index in [9.17, 15) is 5.21 Å². The van der Waals surface area contributed by atoms with Gasteiger partial charge in [-0.3, -0.25) is 5.21 Å². The molecular formula is C19H24ClNO. The predicted octanol–water partition coefficient (Wildman–Crippen LogP) is 1.00. The van der Waals surface area contributed by atoms with Gasteiger partial charge in [-0.2, -0.15) is 0 Å². The molecule has 118 valence electrons. The van der Waals surface area contributed by atoms with Gasteiger partial charge in [0.25, 0.3) is 0 Å². The van der Waals surface area contributed by atoms with Crippen molar-refractivity contribution in [2.24, 2.45) is 23.7 Å². The van der Waals surface area contributed by atoms with Crippen LogP contribution in [0.1, 0.15) is 37.7 Å². The molecule has 1 N–H and O–H groups in total. The molecule has 4 aliphatic rings. The zero-order chi connectivity index (χ0) is 14.4. The molecule has 4 aliphatic carbocycles. The first kappa shape index (κ1) is 15.6. The van der Waals surface area contributed by atoms with Crippen LogP contribution in [-0.2, 0) is 0 Å². The standard InChI is InChI=1S/C19H24NO.ClH/c1-13(16-5-3-2-4-6-16)12-20(21)19-17-8-14-7-15(10-17)11-18(19)9-14;/h2-6,14-15,17-18,21H,1,7-12H2;1H/q+1;/p-1. The van der Waals surface area contributed by atoms with Crippen LogP contribution in [0.15, 0.2) is 36.9 Å². The van der Waals surface area contributed by atoms with Crippen molar-refractivity contribution >= 4 is 11.3 Å². The van der Waals surface area contributed by atoms with E-state index >= 15 is 0 Å². The summed E-state index contributed by atoms with van der Waals surface area (Å²) in [6.45, 7) is 4.71. The van der Waals surface area contributed by atoms with E-state index in [-0.39, 0.29) is 12.4 Å². The maximum atomic E-state index is 10.6. The molecule has 0 radical (unpaired) electrons. The normalized spacial score (nSPS) is 31.7. The number of hydroxylamine groups is 1. The topological polar surface area (TPSA) is 23.2 Å². The summed E-state index contributed by atoms with van der Waals surface area (Å²) in [5, 5.41) is 10.6. The Morgan fingerprint density at radius 2 is 1.55 bits per heavy atom. The Morgan fingerprint density at radius 3 is 2.09 bits per heavy atom. The lowest BCUT2D eigenvalue weighted by atomic mass is 9.55. The van der Waals surface area contributed by atoms with Crippen LogP contribution in [0.2, 0.25) is 0 Å². The Balaban J connectivity index is 0.00000144. The molecule has 22 heavy (non-hydrogen) atoms. The number of hydrogen-bond donors (Lipinski definition) is 1. The van der Waals surface area contributed by atoms with Crippen molar-refractivity contribution in [2.75, 3.05) is 6.54 Å². The quantitative estimate of drug-likeness (QED) is 0.502. The van der Waals surface area contributed by atoms with E-state index < -0.39 is 0 Å². The number of nitrogens with zero attached hydrogens (tertiary/aromatic N) is 1. The number of rotatable bonds is 3. The molecule has 0 atom stereocenters. The molecule has 0 aliphatic heterocycles. The highest BCUT2D eigenvalue weighted by Gasteiger charge is 2.51.